The molecule has 1 aromatic carbocycles. The minimum Gasteiger partial charge on any atom is -0.475 e. The standard InChI is InChI=1S/C15H17ClO3.C2H6/c16-13-7-3-11(4-8-13)9-10-1-5-12(6-2-10)14(17)15(18)19;1-2/h3-4,7-8,10,12H,1-2,5-6,9H2,(H,18,19);1-2H3. The fourth-order valence-electron chi connectivity index (χ4n) is 2.76. The number of ketones is 1. The third-order valence-corrected chi connectivity index (χ3v) is 4.12. The third-order valence-electron chi connectivity index (χ3n) is 3.87. The van der Waals surface area contributed by atoms with Gasteiger partial charge in [0.2, 0.25) is 5.78 Å². The molecular formula is C17H23ClO3. The molecule has 2 rings (SSSR count). The van der Waals surface area contributed by atoms with Crippen LogP contribution in [0.4, 0.5) is 0 Å². The summed E-state index contributed by atoms with van der Waals surface area (Å²) in [6, 6.07) is 7.82. The summed E-state index contributed by atoms with van der Waals surface area (Å²) in [5, 5.41) is 9.43. The normalized spacial score (nSPS) is 21.1. The first-order chi connectivity index (χ1) is 10.1. The van der Waals surface area contributed by atoms with Gasteiger partial charge < -0.3 is 5.11 Å². The molecule has 0 heterocycles. The molecule has 0 bridgehead atoms. The molecule has 0 spiro atoms. The van der Waals surface area contributed by atoms with E-state index >= 15 is 0 Å². The zero-order valence-corrected chi connectivity index (χ0v) is 13.4. The first kappa shape index (κ1) is 17.7. The van der Waals surface area contributed by atoms with Crippen molar-refractivity contribution in [3.8, 4) is 0 Å². The van der Waals surface area contributed by atoms with Gasteiger partial charge in [-0.3, -0.25) is 4.79 Å². The monoisotopic (exact) mass is 310 g/mol. The average Bonchev–Trinajstić information content (AvgIpc) is 2.51. The Bertz CT molecular complexity index is 459. The van der Waals surface area contributed by atoms with Crippen LogP contribution in [0.3, 0.4) is 0 Å². The van der Waals surface area contributed by atoms with Crippen LogP contribution in [0.15, 0.2) is 24.3 Å². The molecular weight excluding hydrogens is 288 g/mol. The lowest BCUT2D eigenvalue weighted by Gasteiger charge is -2.26. The van der Waals surface area contributed by atoms with Crippen molar-refractivity contribution in [1.29, 1.82) is 0 Å². The van der Waals surface area contributed by atoms with E-state index in [-0.39, 0.29) is 5.92 Å². The molecule has 21 heavy (non-hydrogen) atoms. The Hall–Kier alpha value is -1.35. The molecule has 1 fully saturated rings. The highest BCUT2D eigenvalue weighted by Gasteiger charge is 2.29. The number of carbonyl (C=O) groups is 2. The lowest BCUT2D eigenvalue weighted by molar-refractivity contribution is -0.151. The summed E-state index contributed by atoms with van der Waals surface area (Å²) < 4.78 is 0. The summed E-state index contributed by atoms with van der Waals surface area (Å²) in [6.07, 6.45) is 4.22. The van der Waals surface area contributed by atoms with E-state index in [9.17, 15) is 9.59 Å². The van der Waals surface area contributed by atoms with Gasteiger partial charge >= 0.3 is 5.97 Å². The zero-order valence-electron chi connectivity index (χ0n) is 12.6. The molecule has 1 N–H and O–H groups in total. The number of carbonyl (C=O) groups excluding carboxylic acids is 1. The molecule has 116 valence electrons. The molecule has 0 atom stereocenters. The maximum absolute atomic E-state index is 11.4. The quantitative estimate of drug-likeness (QED) is 0.840. The van der Waals surface area contributed by atoms with Crippen LogP contribution in [0.2, 0.25) is 5.02 Å². The molecule has 1 aromatic rings. The first-order valence-electron chi connectivity index (χ1n) is 7.58. The molecule has 1 saturated carbocycles. The average molecular weight is 311 g/mol. The number of rotatable bonds is 4. The number of aliphatic carboxylic acids is 1. The van der Waals surface area contributed by atoms with E-state index in [0.717, 1.165) is 24.3 Å². The topological polar surface area (TPSA) is 54.4 Å². The number of hydrogen-bond acceptors (Lipinski definition) is 2. The van der Waals surface area contributed by atoms with Crippen LogP contribution < -0.4 is 0 Å². The van der Waals surface area contributed by atoms with Gasteiger partial charge in [0, 0.05) is 10.9 Å². The van der Waals surface area contributed by atoms with Crippen LogP contribution in [-0.4, -0.2) is 16.9 Å². The van der Waals surface area contributed by atoms with Gasteiger partial charge in [0.1, 0.15) is 0 Å². The van der Waals surface area contributed by atoms with Gasteiger partial charge in [-0.1, -0.05) is 37.6 Å². The summed E-state index contributed by atoms with van der Waals surface area (Å²) in [7, 11) is 0. The third kappa shape index (κ3) is 5.50. The molecule has 0 unspecified atom stereocenters. The van der Waals surface area contributed by atoms with Gasteiger partial charge in [0.25, 0.3) is 0 Å². The smallest absolute Gasteiger partial charge is 0.372 e. The van der Waals surface area contributed by atoms with E-state index in [0.29, 0.717) is 18.8 Å². The maximum atomic E-state index is 11.4. The number of carboxylic acid groups (broad SMARTS) is 1. The van der Waals surface area contributed by atoms with Crippen molar-refractivity contribution in [3.63, 3.8) is 0 Å². The van der Waals surface area contributed by atoms with Crippen LogP contribution in [0.1, 0.15) is 45.1 Å². The summed E-state index contributed by atoms with van der Waals surface area (Å²) in [5.74, 6) is -1.65. The highest BCUT2D eigenvalue weighted by molar-refractivity contribution is 6.33. The fraction of sp³-hybridized carbons (Fsp3) is 0.529. The van der Waals surface area contributed by atoms with Crippen LogP contribution in [0.25, 0.3) is 0 Å². The lowest BCUT2D eigenvalue weighted by Crippen LogP contribution is -2.28. The van der Waals surface area contributed by atoms with Crippen molar-refractivity contribution < 1.29 is 14.7 Å². The van der Waals surface area contributed by atoms with Gasteiger partial charge in [0.15, 0.2) is 0 Å². The van der Waals surface area contributed by atoms with E-state index in [1.54, 1.807) is 0 Å². The molecule has 4 heteroatoms. The van der Waals surface area contributed by atoms with Gasteiger partial charge in [0.05, 0.1) is 0 Å². The molecule has 1 aliphatic carbocycles. The summed E-state index contributed by atoms with van der Waals surface area (Å²) >= 11 is 5.84. The van der Waals surface area contributed by atoms with Crippen molar-refractivity contribution in [3.05, 3.63) is 34.9 Å². The summed E-state index contributed by atoms with van der Waals surface area (Å²) in [6.45, 7) is 4.00. The van der Waals surface area contributed by atoms with Crippen molar-refractivity contribution in [1.82, 2.24) is 0 Å². The van der Waals surface area contributed by atoms with E-state index in [1.165, 1.54) is 5.56 Å². The number of carboxylic acids is 1. The molecule has 0 amide bonds. The largest absolute Gasteiger partial charge is 0.475 e. The van der Waals surface area contributed by atoms with Crippen LogP contribution >= 0.6 is 11.6 Å². The van der Waals surface area contributed by atoms with Gasteiger partial charge in [-0.05, 0) is 55.7 Å². The molecule has 0 saturated heterocycles. The number of Topliss-reactive ketones (excluding diaryl/α,β-unsaturated/α-hetero) is 1. The maximum Gasteiger partial charge on any atom is 0.372 e. The number of halogens is 1. The molecule has 3 nitrogen and oxygen atoms in total. The first-order valence-corrected chi connectivity index (χ1v) is 7.95. The number of benzene rings is 1. The van der Waals surface area contributed by atoms with Crippen molar-refractivity contribution in [2.75, 3.05) is 0 Å². The Labute approximate surface area is 131 Å². The van der Waals surface area contributed by atoms with Crippen molar-refractivity contribution in [2.24, 2.45) is 11.8 Å². The van der Waals surface area contributed by atoms with Crippen LogP contribution in [-0.2, 0) is 16.0 Å². The van der Waals surface area contributed by atoms with Crippen LogP contribution in [0, 0.1) is 11.8 Å². The Kier molecular flexibility index (Phi) is 7.44. The van der Waals surface area contributed by atoms with Crippen molar-refractivity contribution in [2.45, 2.75) is 46.0 Å². The highest BCUT2D eigenvalue weighted by atomic mass is 35.5. The van der Waals surface area contributed by atoms with E-state index in [2.05, 4.69) is 0 Å². The predicted molar refractivity (Wildman–Crippen MR) is 84.6 cm³/mol. The minimum absolute atomic E-state index is 0.279. The Balaban J connectivity index is 0.00000106. The second-order valence-corrected chi connectivity index (χ2v) is 5.65. The number of hydrogen-bond donors (Lipinski definition) is 1. The minimum atomic E-state index is -1.29. The van der Waals surface area contributed by atoms with E-state index < -0.39 is 11.8 Å². The van der Waals surface area contributed by atoms with Gasteiger partial charge in [-0.15, -0.1) is 0 Å². The Morgan fingerprint density at radius 2 is 1.62 bits per heavy atom. The molecule has 0 aliphatic heterocycles. The van der Waals surface area contributed by atoms with E-state index in [1.807, 2.05) is 38.1 Å². The Morgan fingerprint density at radius 3 is 2.10 bits per heavy atom. The SMILES string of the molecule is CC.O=C(O)C(=O)C1CCC(Cc2ccc(Cl)cc2)CC1. The zero-order chi connectivity index (χ0) is 15.8. The second kappa shape index (κ2) is 8.83. The van der Waals surface area contributed by atoms with Gasteiger partial charge in [-0.25, -0.2) is 4.79 Å². The van der Waals surface area contributed by atoms with Crippen LogP contribution in [0.5, 0.6) is 0 Å². The highest BCUT2D eigenvalue weighted by Crippen LogP contribution is 2.31. The fourth-order valence-corrected chi connectivity index (χ4v) is 2.88. The van der Waals surface area contributed by atoms with E-state index in [4.69, 9.17) is 16.7 Å². The lowest BCUT2D eigenvalue weighted by atomic mass is 9.78. The Morgan fingerprint density at radius 1 is 1.10 bits per heavy atom. The van der Waals surface area contributed by atoms with Crippen molar-refractivity contribution >= 4 is 23.4 Å². The molecule has 0 aromatic heterocycles. The van der Waals surface area contributed by atoms with Gasteiger partial charge in [-0.2, -0.15) is 0 Å². The molecule has 1 aliphatic rings. The predicted octanol–water partition coefficient (Wildman–Crippen LogP) is 4.37. The summed E-state index contributed by atoms with van der Waals surface area (Å²) in [4.78, 5) is 22.0. The second-order valence-electron chi connectivity index (χ2n) is 5.22. The summed E-state index contributed by atoms with van der Waals surface area (Å²) in [5.41, 5.74) is 1.25. The molecule has 0 radical (unpaired) electrons.